The maximum atomic E-state index is 12.5. The van der Waals surface area contributed by atoms with Gasteiger partial charge in [0.25, 0.3) is 5.91 Å². The maximum absolute atomic E-state index is 12.5. The number of nitrogens with one attached hydrogen (secondary N) is 2. The lowest BCUT2D eigenvalue weighted by Crippen LogP contribution is -2.12. The molecule has 2 N–H and O–H groups in total. The first-order chi connectivity index (χ1) is 11.5. The van der Waals surface area contributed by atoms with E-state index in [1.165, 1.54) is 14.2 Å². The third-order valence-corrected chi connectivity index (χ3v) is 4.04. The lowest BCUT2D eigenvalue weighted by Gasteiger charge is -2.10. The van der Waals surface area contributed by atoms with E-state index in [0.29, 0.717) is 22.7 Å². The summed E-state index contributed by atoms with van der Waals surface area (Å²) >= 11 is 0. The van der Waals surface area contributed by atoms with Crippen molar-refractivity contribution < 1.29 is 19.1 Å². The van der Waals surface area contributed by atoms with E-state index in [2.05, 4.69) is 10.6 Å². The van der Waals surface area contributed by atoms with Crippen LogP contribution in [0.5, 0.6) is 11.5 Å². The first kappa shape index (κ1) is 15.9. The van der Waals surface area contributed by atoms with Crippen LogP contribution in [0.15, 0.2) is 36.4 Å². The highest BCUT2D eigenvalue weighted by atomic mass is 16.5. The molecule has 24 heavy (non-hydrogen) atoms. The van der Waals surface area contributed by atoms with Crippen LogP contribution in [0, 0.1) is 0 Å². The van der Waals surface area contributed by atoms with Crippen molar-refractivity contribution in [2.45, 2.75) is 12.8 Å². The zero-order chi connectivity index (χ0) is 17.3. The van der Waals surface area contributed by atoms with Crippen molar-refractivity contribution in [3.8, 4) is 11.5 Å². The van der Waals surface area contributed by atoms with Crippen LogP contribution in [-0.4, -0.2) is 26.0 Å². The van der Waals surface area contributed by atoms with Crippen LogP contribution >= 0.6 is 0 Å². The number of ether oxygens (including phenoxy) is 2. The number of benzene rings is 2. The minimum atomic E-state index is -0.280. The smallest absolute Gasteiger partial charge is 0.255 e. The molecule has 0 aromatic heterocycles. The highest BCUT2D eigenvalue weighted by Gasteiger charge is 2.26. The van der Waals surface area contributed by atoms with Crippen molar-refractivity contribution in [1.82, 2.24) is 0 Å². The number of fused-ring (bicyclic) bond motifs is 1. The molecule has 0 aliphatic carbocycles. The quantitative estimate of drug-likeness (QED) is 0.905. The Kier molecular flexibility index (Phi) is 4.12. The minimum absolute atomic E-state index is 0.0361. The number of anilines is 2. The summed E-state index contributed by atoms with van der Waals surface area (Å²) in [7, 11) is 3.06. The Hall–Kier alpha value is -3.02. The second-order valence-corrected chi connectivity index (χ2v) is 5.57. The van der Waals surface area contributed by atoms with Crippen LogP contribution < -0.4 is 20.1 Å². The summed E-state index contributed by atoms with van der Waals surface area (Å²) in [6.45, 7) is 1.83. The van der Waals surface area contributed by atoms with Gasteiger partial charge >= 0.3 is 0 Å². The van der Waals surface area contributed by atoms with Gasteiger partial charge in [-0.1, -0.05) is 0 Å². The molecule has 2 aromatic carbocycles. The highest BCUT2D eigenvalue weighted by Crippen LogP contribution is 2.34. The van der Waals surface area contributed by atoms with Crippen LogP contribution in [0.25, 0.3) is 0 Å². The normalized spacial score (nSPS) is 15.5. The summed E-state index contributed by atoms with van der Waals surface area (Å²) in [5.41, 5.74) is 2.72. The highest BCUT2D eigenvalue weighted by molar-refractivity contribution is 6.06. The predicted octanol–water partition coefficient (Wildman–Crippen LogP) is 3.01. The fraction of sp³-hybridized carbons (Fsp3) is 0.222. The molecule has 0 spiro atoms. The van der Waals surface area contributed by atoms with Gasteiger partial charge in [0.1, 0.15) is 11.5 Å². The van der Waals surface area contributed by atoms with E-state index in [9.17, 15) is 9.59 Å². The van der Waals surface area contributed by atoms with Crippen LogP contribution in [-0.2, 0) is 4.79 Å². The van der Waals surface area contributed by atoms with Gasteiger partial charge in [-0.25, -0.2) is 0 Å². The Morgan fingerprint density at radius 1 is 1.08 bits per heavy atom. The van der Waals surface area contributed by atoms with Gasteiger partial charge in [0.15, 0.2) is 0 Å². The van der Waals surface area contributed by atoms with Gasteiger partial charge in [-0.15, -0.1) is 0 Å². The maximum Gasteiger partial charge on any atom is 0.255 e. The zero-order valence-electron chi connectivity index (χ0n) is 13.7. The summed E-state index contributed by atoms with van der Waals surface area (Å²) in [6, 6.07) is 10.3. The molecule has 1 heterocycles. The molecule has 2 amide bonds. The van der Waals surface area contributed by atoms with Crippen LogP contribution in [0.4, 0.5) is 11.4 Å². The number of methoxy groups -OCH3 is 2. The van der Waals surface area contributed by atoms with Crippen LogP contribution in [0.2, 0.25) is 0 Å². The molecule has 1 unspecified atom stereocenters. The molecule has 1 aliphatic rings. The van der Waals surface area contributed by atoms with Gasteiger partial charge < -0.3 is 20.1 Å². The van der Waals surface area contributed by atoms with Crippen molar-refractivity contribution in [3.05, 3.63) is 47.5 Å². The molecular formula is C18H18N2O4. The van der Waals surface area contributed by atoms with E-state index in [1.807, 2.05) is 13.0 Å². The van der Waals surface area contributed by atoms with Crippen molar-refractivity contribution in [1.29, 1.82) is 0 Å². The summed E-state index contributed by atoms with van der Waals surface area (Å²) in [6.07, 6.45) is 0. The molecule has 2 aromatic rings. The molecule has 6 heteroatoms. The fourth-order valence-corrected chi connectivity index (χ4v) is 2.64. The fourth-order valence-electron chi connectivity index (χ4n) is 2.64. The van der Waals surface area contributed by atoms with Crippen molar-refractivity contribution in [2.24, 2.45) is 0 Å². The van der Waals surface area contributed by atoms with Crippen molar-refractivity contribution >= 4 is 23.2 Å². The van der Waals surface area contributed by atoms with Crippen LogP contribution in [0.1, 0.15) is 28.8 Å². The van der Waals surface area contributed by atoms with Gasteiger partial charge in [-0.2, -0.15) is 0 Å². The van der Waals surface area contributed by atoms with E-state index in [-0.39, 0.29) is 17.7 Å². The minimum Gasteiger partial charge on any atom is -0.497 e. The summed E-state index contributed by atoms with van der Waals surface area (Å²) in [4.78, 5) is 24.2. The molecule has 0 radical (unpaired) electrons. The van der Waals surface area contributed by atoms with E-state index < -0.39 is 0 Å². The monoisotopic (exact) mass is 326 g/mol. The van der Waals surface area contributed by atoms with E-state index in [1.54, 1.807) is 30.3 Å². The average molecular weight is 326 g/mol. The SMILES string of the molecule is COc1cc(OC)cc(C(=O)Nc2ccc3c(c2)C(C)C(=O)N3)c1. The number of rotatable bonds is 4. The Labute approximate surface area is 139 Å². The summed E-state index contributed by atoms with van der Waals surface area (Å²) < 4.78 is 10.4. The van der Waals surface area contributed by atoms with E-state index >= 15 is 0 Å². The predicted molar refractivity (Wildman–Crippen MR) is 91.0 cm³/mol. The molecule has 1 atom stereocenters. The number of carbonyl (C=O) groups excluding carboxylic acids is 2. The average Bonchev–Trinajstić information content (AvgIpc) is 2.88. The van der Waals surface area contributed by atoms with E-state index in [0.717, 1.165) is 11.3 Å². The molecular weight excluding hydrogens is 308 g/mol. The number of amides is 2. The molecule has 1 aliphatic heterocycles. The zero-order valence-corrected chi connectivity index (χ0v) is 13.7. The Morgan fingerprint density at radius 3 is 2.38 bits per heavy atom. The van der Waals surface area contributed by atoms with Gasteiger partial charge in [0.2, 0.25) is 5.91 Å². The van der Waals surface area contributed by atoms with Crippen molar-refractivity contribution in [2.75, 3.05) is 24.9 Å². The first-order valence-electron chi connectivity index (χ1n) is 7.51. The molecule has 0 saturated heterocycles. The molecule has 124 valence electrons. The Balaban J connectivity index is 1.85. The lowest BCUT2D eigenvalue weighted by atomic mass is 10.0. The first-order valence-corrected chi connectivity index (χ1v) is 7.51. The van der Waals surface area contributed by atoms with E-state index in [4.69, 9.17) is 9.47 Å². The second-order valence-electron chi connectivity index (χ2n) is 5.57. The second kappa shape index (κ2) is 6.23. The topological polar surface area (TPSA) is 76.7 Å². The number of hydrogen-bond acceptors (Lipinski definition) is 4. The number of carbonyl (C=O) groups is 2. The molecule has 6 nitrogen and oxygen atoms in total. The largest absolute Gasteiger partial charge is 0.497 e. The van der Waals surface area contributed by atoms with Gasteiger partial charge in [-0.3, -0.25) is 9.59 Å². The van der Waals surface area contributed by atoms with Gasteiger partial charge in [-0.05, 0) is 42.8 Å². The summed E-state index contributed by atoms with van der Waals surface area (Å²) in [5.74, 6) is 0.533. The molecule has 0 fully saturated rings. The Morgan fingerprint density at radius 2 is 1.75 bits per heavy atom. The molecule has 0 saturated carbocycles. The van der Waals surface area contributed by atoms with Crippen molar-refractivity contribution in [3.63, 3.8) is 0 Å². The molecule has 0 bridgehead atoms. The Bertz CT molecular complexity index is 794. The third-order valence-electron chi connectivity index (χ3n) is 4.04. The van der Waals surface area contributed by atoms with Gasteiger partial charge in [0.05, 0.1) is 20.1 Å². The number of hydrogen-bond donors (Lipinski definition) is 2. The standard InChI is InChI=1S/C18H18N2O4/c1-10-15-8-12(4-5-16(15)20-17(10)21)19-18(22)11-6-13(23-2)9-14(7-11)24-3/h4-10H,1-3H3,(H,19,22)(H,20,21). The summed E-state index contributed by atoms with van der Waals surface area (Å²) in [5, 5.41) is 5.64. The van der Waals surface area contributed by atoms with Gasteiger partial charge in [0, 0.05) is 23.0 Å². The third kappa shape index (κ3) is 2.90. The molecule has 3 rings (SSSR count). The van der Waals surface area contributed by atoms with Crippen LogP contribution in [0.3, 0.4) is 0 Å². The lowest BCUT2D eigenvalue weighted by molar-refractivity contribution is -0.116.